The number of aryl methyl sites for hydroxylation is 2. The minimum absolute atomic E-state index is 0.245. The van der Waals surface area contributed by atoms with Gasteiger partial charge in [-0.1, -0.05) is 30.7 Å². The van der Waals surface area contributed by atoms with Crippen molar-refractivity contribution >= 4 is 0 Å². The molecule has 0 saturated heterocycles. The second kappa shape index (κ2) is 3.39. The van der Waals surface area contributed by atoms with Gasteiger partial charge in [0.25, 0.3) is 0 Å². The molecule has 0 aliphatic heterocycles. The third-order valence-electron chi connectivity index (χ3n) is 3.32. The summed E-state index contributed by atoms with van der Waals surface area (Å²) >= 11 is 0. The van der Waals surface area contributed by atoms with E-state index in [4.69, 9.17) is 0 Å². The van der Waals surface area contributed by atoms with E-state index in [1.165, 1.54) is 17.5 Å². The maximum atomic E-state index is 10.1. The zero-order valence-corrected chi connectivity index (χ0v) is 9.12. The van der Waals surface area contributed by atoms with Gasteiger partial charge in [0.15, 0.2) is 0 Å². The molecule has 14 heavy (non-hydrogen) atoms. The van der Waals surface area contributed by atoms with Gasteiger partial charge >= 0.3 is 0 Å². The Balaban J connectivity index is 2.23. The molecule has 0 spiro atoms. The van der Waals surface area contributed by atoms with Gasteiger partial charge in [-0.2, -0.15) is 0 Å². The predicted molar refractivity (Wildman–Crippen MR) is 58.1 cm³/mol. The van der Waals surface area contributed by atoms with Gasteiger partial charge in [-0.3, -0.25) is 0 Å². The Hall–Kier alpha value is -0.820. The van der Waals surface area contributed by atoms with Crippen molar-refractivity contribution < 1.29 is 5.11 Å². The Morgan fingerprint density at radius 3 is 2.50 bits per heavy atom. The van der Waals surface area contributed by atoms with Crippen LogP contribution in [0.4, 0.5) is 0 Å². The molecule has 1 aliphatic rings. The minimum Gasteiger partial charge on any atom is -0.388 e. The SMILES string of the molecule is Cc1ccc(C(O)C2CC2C)c(C)c1. The molecule has 1 aromatic carbocycles. The Labute approximate surface area is 85.8 Å². The first-order valence-corrected chi connectivity index (χ1v) is 5.35. The summed E-state index contributed by atoms with van der Waals surface area (Å²) in [5, 5.41) is 10.1. The van der Waals surface area contributed by atoms with Gasteiger partial charge in [-0.15, -0.1) is 0 Å². The topological polar surface area (TPSA) is 20.2 Å². The van der Waals surface area contributed by atoms with Gasteiger partial charge in [0.2, 0.25) is 0 Å². The van der Waals surface area contributed by atoms with Crippen LogP contribution in [-0.2, 0) is 0 Å². The summed E-state index contributed by atoms with van der Waals surface area (Å²) in [5.41, 5.74) is 3.60. The van der Waals surface area contributed by atoms with Crippen LogP contribution in [0.25, 0.3) is 0 Å². The third-order valence-corrected chi connectivity index (χ3v) is 3.32. The van der Waals surface area contributed by atoms with E-state index in [-0.39, 0.29) is 6.10 Å². The summed E-state index contributed by atoms with van der Waals surface area (Å²) in [6, 6.07) is 6.30. The van der Waals surface area contributed by atoms with Crippen LogP contribution in [0, 0.1) is 25.7 Å². The molecule has 1 heteroatoms. The number of aliphatic hydroxyl groups excluding tert-OH is 1. The normalized spacial score (nSPS) is 27.4. The monoisotopic (exact) mass is 190 g/mol. The fourth-order valence-corrected chi connectivity index (χ4v) is 2.18. The summed E-state index contributed by atoms with van der Waals surface area (Å²) in [6.07, 6.45) is 0.930. The molecule has 0 heterocycles. The highest BCUT2D eigenvalue weighted by atomic mass is 16.3. The molecule has 3 unspecified atom stereocenters. The van der Waals surface area contributed by atoms with E-state index < -0.39 is 0 Å². The summed E-state index contributed by atoms with van der Waals surface area (Å²) < 4.78 is 0. The lowest BCUT2D eigenvalue weighted by atomic mass is 9.98. The van der Waals surface area contributed by atoms with Crippen LogP contribution in [0.3, 0.4) is 0 Å². The fraction of sp³-hybridized carbons (Fsp3) is 0.538. The maximum absolute atomic E-state index is 10.1. The Morgan fingerprint density at radius 1 is 1.36 bits per heavy atom. The van der Waals surface area contributed by atoms with Crippen LogP contribution >= 0.6 is 0 Å². The molecule has 0 bridgehead atoms. The zero-order chi connectivity index (χ0) is 10.3. The molecule has 0 aromatic heterocycles. The lowest BCUT2D eigenvalue weighted by Crippen LogP contribution is -2.03. The molecule has 1 saturated carbocycles. The number of aliphatic hydroxyl groups is 1. The van der Waals surface area contributed by atoms with Crippen molar-refractivity contribution in [2.75, 3.05) is 0 Å². The lowest BCUT2D eigenvalue weighted by Gasteiger charge is -2.13. The Bertz CT molecular complexity index is 343. The van der Waals surface area contributed by atoms with Crippen LogP contribution in [0.2, 0.25) is 0 Å². The number of hydrogen-bond acceptors (Lipinski definition) is 1. The molecule has 0 amide bonds. The average molecular weight is 190 g/mol. The number of hydrogen-bond donors (Lipinski definition) is 1. The van der Waals surface area contributed by atoms with Crippen LogP contribution in [-0.4, -0.2) is 5.11 Å². The largest absolute Gasteiger partial charge is 0.388 e. The van der Waals surface area contributed by atoms with Crippen molar-refractivity contribution in [2.45, 2.75) is 33.3 Å². The molecule has 1 N–H and O–H groups in total. The van der Waals surface area contributed by atoms with Crippen molar-refractivity contribution in [3.8, 4) is 0 Å². The number of benzene rings is 1. The molecule has 1 aliphatic carbocycles. The Morgan fingerprint density at radius 2 is 2.00 bits per heavy atom. The molecule has 1 nitrogen and oxygen atoms in total. The summed E-state index contributed by atoms with van der Waals surface area (Å²) in [5.74, 6) is 1.20. The van der Waals surface area contributed by atoms with Gasteiger partial charge in [0.1, 0.15) is 0 Å². The van der Waals surface area contributed by atoms with Gasteiger partial charge in [-0.05, 0) is 43.2 Å². The molecule has 1 fully saturated rings. The van der Waals surface area contributed by atoms with E-state index in [1.54, 1.807) is 0 Å². The van der Waals surface area contributed by atoms with Crippen molar-refractivity contribution in [1.29, 1.82) is 0 Å². The van der Waals surface area contributed by atoms with Gasteiger partial charge in [0, 0.05) is 0 Å². The van der Waals surface area contributed by atoms with Crippen molar-refractivity contribution in [2.24, 2.45) is 11.8 Å². The summed E-state index contributed by atoms with van der Waals surface area (Å²) in [7, 11) is 0. The fourth-order valence-electron chi connectivity index (χ4n) is 2.18. The van der Waals surface area contributed by atoms with E-state index in [9.17, 15) is 5.11 Å². The molecule has 76 valence electrons. The van der Waals surface area contributed by atoms with E-state index >= 15 is 0 Å². The molecule has 3 atom stereocenters. The van der Waals surface area contributed by atoms with Gasteiger partial charge < -0.3 is 5.11 Å². The maximum Gasteiger partial charge on any atom is 0.0823 e. The van der Waals surface area contributed by atoms with E-state index in [2.05, 4.69) is 39.0 Å². The van der Waals surface area contributed by atoms with E-state index in [1.807, 2.05) is 0 Å². The standard InChI is InChI=1S/C13H18O/c1-8-4-5-11(9(2)6-8)13(14)12-7-10(12)3/h4-6,10,12-14H,7H2,1-3H3. The smallest absolute Gasteiger partial charge is 0.0823 e. The first-order chi connectivity index (χ1) is 6.59. The number of rotatable bonds is 2. The highest BCUT2D eigenvalue weighted by molar-refractivity contribution is 5.33. The van der Waals surface area contributed by atoms with Crippen LogP contribution in [0.15, 0.2) is 18.2 Å². The molecule has 1 aromatic rings. The highest BCUT2D eigenvalue weighted by Crippen LogP contribution is 2.47. The van der Waals surface area contributed by atoms with Crippen LogP contribution in [0.1, 0.15) is 36.1 Å². The van der Waals surface area contributed by atoms with Crippen molar-refractivity contribution in [3.05, 3.63) is 34.9 Å². The highest BCUT2D eigenvalue weighted by Gasteiger charge is 2.39. The van der Waals surface area contributed by atoms with Crippen LogP contribution < -0.4 is 0 Å². The third kappa shape index (κ3) is 1.69. The quantitative estimate of drug-likeness (QED) is 0.760. The molecular weight excluding hydrogens is 172 g/mol. The van der Waals surface area contributed by atoms with Crippen LogP contribution in [0.5, 0.6) is 0 Å². The predicted octanol–water partition coefficient (Wildman–Crippen LogP) is 2.99. The first-order valence-electron chi connectivity index (χ1n) is 5.35. The zero-order valence-electron chi connectivity index (χ0n) is 9.12. The second-order valence-corrected chi connectivity index (χ2v) is 4.68. The van der Waals surface area contributed by atoms with E-state index in [0.29, 0.717) is 11.8 Å². The van der Waals surface area contributed by atoms with Gasteiger partial charge in [0.05, 0.1) is 6.10 Å². The summed E-state index contributed by atoms with van der Waals surface area (Å²) in [6.45, 7) is 6.37. The lowest BCUT2D eigenvalue weighted by molar-refractivity contribution is 0.147. The minimum atomic E-state index is -0.245. The molecular formula is C13H18O. The molecule has 2 rings (SSSR count). The summed E-state index contributed by atoms with van der Waals surface area (Å²) in [4.78, 5) is 0. The second-order valence-electron chi connectivity index (χ2n) is 4.68. The van der Waals surface area contributed by atoms with Crippen molar-refractivity contribution in [3.63, 3.8) is 0 Å². The average Bonchev–Trinajstić information content (AvgIpc) is 2.81. The molecule has 0 radical (unpaired) electrons. The first kappa shape index (κ1) is 9.72. The van der Waals surface area contributed by atoms with Gasteiger partial charge in [-0.25, -0.2) is 0 Å². The van der Waals surface area contributed by atoms with Crippen molar-refractivity contribution in [1.82, 2.24) is 0 Å². The Kier molecular flexibility index (Phi) is 2.36. The van der Waals surface area contributed by atoms with E-state index in [0.717, 1.165) is 5.56 Å².